The molecule has 0 spiro atoms. The van der Waals surface area contributed by atoms with E-state index in [1.165, 1.54) is 0 Å². The molecule has 0 saturated carbocycles. The summed E-state index contributed by atoms with van der Waals surface area (Å²) in [5.41, 5.74) is 10.8. The van der Waals surface area contributed by atoms with Crippen molar-refractivity contribution in [3.63, 3.8) is 0 Å². The number of benzene rings is 6. The fourth-order valence-corrected chi connectivity index (χ4v) is 6.23. The number of nitrogens with zero attached hydrogens (tertiary/aromatic N) is 5. The first-order valence-electron chi connectivity index (χ1n) is 15.8. The zero-order valence-electron chi connectivity index (χ0n) is 25.7. The van der Waals surface area contributed by atoms with Crippen molar-refractivity contribution >= 4 is 28.4 Å². The Morgan fingerprint density at radius 1 is 0.333 bits per heavy atom. The summed E-state index contributed by atoms with van der Waals surface area (Å²) in [6.07, 6.45) is 0. The van der Waals surface area contributed by atoms with E-state index < -0.39 is 0 Å². The van der Waals surface area contributed by atoms with Crippen molar-refractivity contribution in [2.24, 2.45) is 0 Å². The van der Waals surface area contributed by atoms with Crippen LogP contribution in [0, 0.1) is 0 Å². The highest BCUT2D eigenvalue weighted by Gasteiger charge is 2.26. The lowest BCUT2D eigenvalue weighted by Crippen LogP contribution is -2.15. The van der Waals surface area contributed by atoms with Gasteiger partial charge in [0.15, 0.2) is 22.8 Å². The molecule has 0 amide bonds. The minimum Gasteiger partial charge on any atom is -0.453 e. The van der Waals surface area contributed by atoms with Crippen LogP contribution in [0.1, 0.15) is 0 Å². The highest BCUT2D eigenvalue weighted by molar-refractivity contribution is 5.90. The van der Waals surface area contributed by atoms with E-state index >= 15 is 0 Å². The summed E-state index contributed by atoms with van der Waals surface area (Å²) in [6, 6.07) is 55.0. The Balaban J connectivity index is 1.22. The molecule has 0 unspecified atom stereocenters. The van der Waals surface area contributed by atoms with Crippen LogP contribution in [0.25, 0.3) is 56.3 Å². The van der Waals surface area contributed by atoms with Gasteiger partial charge >= 0.3 is 0 Å². The molecule has 0 N–H and O–H groups in total. The number of ether oxygens (including phenoxy) is 1. The van der Waals surface area contributed by atoms with Crippen LogP contribution in [0.2, 0.25) is 0 Å². The molecule has 0 radical (unpaired) electrons. The summed E-state index contributed by atoms with van der Waals surface area (Å²) < 4.78 is 6.23. The van der Waals surface area contributed by atoms with Gasteiger partial charge in [0.05, 0.1) is 34.2 Å². The minimum absolute atomic E-state index is 0.489. The third-order valence-corrected chi connectivity index (χ3v) is 8.49. The molecule has 6 aromatic carbocycles. The molecule has 0 aliphatic carbocycles. The normalized spacial score (nSPS) is 11.9. The molecule has 9 rings (SSSR count). The first-order chi connectivity index (χ1) is 23.8. The quantitative estimate of drug-likeness (QED) is 0.191. The summed E-state index contributed by atoms with van der Waals surface area (Å²) in [5, 5.41) is 0. The minimum atomic E-state index is 0.489. The van der Waals surface area contributed by atoms with Crippen LogP contribution >= 0.6 is 0 Å². The lowest BCUT2D eigenvalue weighted by atomic mass is 10.0. The number of aromatic nitrogens is 4. The Hall–Kier alpha value is -6.66. The zero-order valence-corrected chi connectivity index (χ0v) is 25.7. The highest BCUT2D eigenvalue weighted by atomic mass is 16.5. The molecule has 6 nitrogen and oxygen atoms in total. The van der Waals surface area contributed by atoms with E-state index in [1.54, 1.807) is 0 Å². The third kappa shape index (κ3) is 4.84. The van der Waals surface area contributed by atoms with Crippen LogP contribution < -0.4 is 9.64 Å². The summed E-state index contributed by atoms with van der Waals surface area (Å²) in [4.78, 5) is 22.8. The van der Waals surface area contributed by atoms with Gasteiger partial charge in [-0.25, -0.2) is 19.9 Å². The van der Waals surface area contributed by atoms with E-state index in [1.807, 2.05) is 91.0 Å². The second-order valence-electron chi connectivity index (χ2n) is 11.5. The Labute approximate surface area is 277 Å². The van der Waals surface area contributed by atoms with Crippen molar-refractivity contribution in [2.45, 2.75) is 0 Å². The number of fused-ring (bicyclic) bond motifs is 3. The Kier molecular flexibility index (Phi) is 6.68. The highest BCUT2D eigenvalue weighted by Crippen LogP contribution is 2.50. The van der Waals surface area contributed by atoms with Gasteiger partial charge in [0.2, 0.25) is 0 Å². The SMILES string of the molecule is c1ccc(-c2nc3nc(-c4ccccc4)c(-c4ccc(N5c6ccccc6Oc6ccccc65)cc4)nc3nc2-c2ccccc2)cc1. The topological polar surface area (TPSA) is 64.0 Å². The second-order valence-corrected chi connectivity index (χ2v) is 11.5. The maximum Gasteiger partial charge on any atom is 0.199 e. The molecule has 48 heavy (non-hydrogen) atoms. The number of rotatable bonds is 5. The van der Waals surface area contributed by atoms with Crippen LogP contribution in [0.3, 0.4) is 0 Å². The monoisotopic (exact) mass is 617 g/mol. The van der Waals surface area contributed by atoms with E-state index in [9.17, 15) is 0 Å². The van der Waals surface area contributed by atoms with Gasteiger partial charge in [0.1, 0.15) is 0 Å². The number of hydrogen-bond donors (Lipinski definition) is 0. The fraction of sp³-hybridized carbons (Fsp3) is 0. The van der Waals surface area contributed by atoms with Crippen LogP contribution in [0.15, 0.2) is 164 Å². The van der Waals surface area contributed by atoms with Gasteiger partial charge in [-0.05, 0) is 36.4 Å². The van der Waals surface area contributed by atoms with E-state index in [0.29, 0.717) is 11.3 Å². The van der Waals surface area contributed by atoms with Gasteiger partial charge in [0, 0.05) is 27.9 Å². The fourth-order valence-electron chi connectivity index (χ4n) is 6.23. The van der Waals surface area contributed by atoms with Gasteiger partial charge in [-0.1, -0.05) is 127 Å². The molecule has 6 heteroatoms. The average Bonchev–Trinajstić information content (AvgIpc) is 3.17. The van der Waals surface area contributed by atoms with E-state index in [2.05, 4.69) is 77.7 Å². The molecule has 0 saturated heterocycles. The molecule has 1 aliphatic rings. The lowest BCUT2D eigenvalue weighted by molar-refractivity contribution is 0.477. The second kappa shape index (κ2) is 11.6. The average molecular weight is 618 g/mol. The molecule has 2 aromatic heterocycles. The lowest BCUT2D eigenvalue weighted by Gasteiger charge is -2.32. The van der Waals surface area contributed by atoms with Crippen molar-refractivity contribution in [2.75, 3.05) is 4.90 Å². The zero-order chi connectivity index (χ0) is 31.9. The summed E-state index contributed by atoms with van der Waals surface area (Å²) >= 11 is 0. The van der Waals surface area contributed by atoms with Gasteiger partial charge in [-0.2, -0.15) is 0 Å². The summed E-state index contributed by atoms with van der Waals surface area (Å²) in [5.74, 6) is 1.63. The van der Waals surface area contributed by atoms with E-state index in [-0.39, 0.29) is 0 Å². The maximum absolute atomic E-state index is 6.23. The van der Waals surface area contributed by atoms with Gasteiger partial charge in [-0.15, -0.1) is 0 Å². The molecule has 1 aliphatic heterocycles. The van der Waals surface area contributed by atoms with Crippen molar-refractivity contribution in [3.8, 4) is 56.5 Å². The molecule has 0 bridgehead atoms. The standard InChI is InChI=1S/C42H27N5O/c1-4-14-28(15-5-1)37-38(29-16-6-2-7-17-29)44-42-41(43-37)45-39(30-18-8-3-9-19-30)40(46-42)31-24-26-32(27-25-31)47-33-20-10-12-22-35(33)48-36-23-13-11-21-34(36)47/h1-27H. The Morgan fingerprint density at radius 3 is 1.06 bits per heavy atom. The van der Waals surface area contributed by atoms with Crippen LogP contribution in [-0.2, 0) is 0 Å². The third-order valence-electron chi connectivity index (χ3n) is 8.49. The summed E-state index contributed by atoms with van der Waals surface area (Å²) in [6.45, 7) is 0. The van der Waals surface area contributed by atoms with Gasteiger partial charge in [-0.3, -0.25) is 0 Å². The van der Waals surface area contributed by atoms with Crippen molar-refractivity contribution in [1.29, 1.82) is 0 Å². The molecule has 0 fully saturated rings. The van der Waals surface area contributed by atoms with Gasteiger partial charge in [0.25, 0.3) is 0 Å². The Morgan fingerprint density at radius 2 is 0.667 bits per heavy atom. The van der Waals surface area contributed by atoms with Crippen LogP contribution in [0.4, 0.5) is 17.1 Å². The van der Waals surface area contributed by atoms with E-state index in [0.717, 1.165) is 73.6 Å². The number of para-hydroxylation sites is 4. The van der Waals surface area contributed by atoms with Crippen molar-refractivity contribution in [1.82, 2.24) is 19.9 Å². The van der Waals surface area contributed by atoms with Crippen LogP contribution in [0.5, 0.6) is 11.5 Å². The first-order valence-corrected chi connectivity index (χ1v) is 15.8. The summed E-state index contributed by atoms with van der Waals surface area (Å²) in [7, 11) is 0. The molecular formula is C42H27N5O. The number of anilines is 3. The molecule has 3 heterocycles. The largest absolute Gasteiger partial charge is 0.453 e. The predicted molar refractivity (Wildman–Crippen MR) is 192 cm³/mol. The molecular weight excluding hydrogens is 590 g/mol. The van der Waals surface area contributed by atoms with Crippen molar-refractivity contribution < 1.29 is 4.74 Å². The maximum atomic E-state index is 6.23. The van der Waals surface area contributed by atoms with Crippen molar-refractivity contribution in [3.05, 3.63) is 164 Å². The molecule has 8 aromatic rings. The predicted octanol–water partition coefficient (Wildman–Crippen LogP) is 10.7. The smallest absolute Gasteiger partial charge is 0.199 e. The van der Waals surface area contributed by atoms with Crippen LogP contribution in [-0.4, -0.2) is 19.9 Å². The molecule has 0 atom stereocenters. The number of hydrogen-bond acceptors (Lipinski definition) is 6. The first kappa shape index (κ1) is 27.6. The Bertz CT molecular complexity index is 2370. The van der Waals surface area contributed by atoms with Gasteiger partial charge < -0.3 is 9.64 Å². The molecule has 226 valence electrons. The van der Waals surface area contributed by atoms with E-state index in [4.69, 9.17) is 24.7 Å².